The Morgan fingerprint density at radius 2 is 1.83 bits per heavy atom. The molecule has 0 spiro atoms. The van der Waals surface area contributed by atoms with Gasteiger partial charge in [-0.2, -0.15) is 5.10 Å². The number of rotatable bonds is 6. The number of likely N-dealkylation sites (N-methyl/N-ethyl adjacent to an activating group) is 1. The third-order valence-corrected chi connectivity index (χ3v) is 4.85. The molecule has 0 saturated heterocycles. The van der Waals surface area contributed by atoms with Gasteiger partial charge in [0.2, 0.25) is 0 Å². The van der Waals surface area contributed by atoms with E-state index in [0.717, 1.165) is 5.56 Å². The van der Waals surface area contributed by atoms with E-state index in [-0.39, 0.29) is 41.6 Å². The molecule has 0 aliphatic rings. The number of hydrogen-bond acceptors (Lipinski definition) is 4. The first-order valence-electron chi connectivity index (χ1n) is 9.51. The summed E-state index contributed by atoms with van der Waals surface area (Å²) in [5.41, 5.74) is 0.740. The van der Waals surface area contributed by atoms with Crippen molar-refractivity contribution in [2.45, 2.75) is 25.9 Å². The van der Waals surface area contributed by atoms with Crippen molar-refractivity contribution in [1.29, 1.82) is 0 Å². The lowest BCUT2D eigenvalue weighted by Crippen LogP contribution is -2.36. The first-order chi connectivity index (χ1) is 13.8. The van der Waals surface area contributed by atoms with E-state index in [2.05, 4.69) is 10.4 Å². The van der Waals surface area contributed by atoms with Crippen molar-refractivity contribution in [3.05, 3.63) is 76.0 Å². The van der Waals surface area contributed by atoms with Crippen molar-refractivity contribution in [3.8, 4) is 0 Å². The Kier molecular flexibility index (Phi) is 6.08. The molecule has 1 atom stereocenters. The largest absolute Gasteiger partial charge is 0.349 e. The summed E-state index contributed by atoms with van der Waals surface area (Å²) in [5.74, 6) is -0.698. The van der Waals surface area contributed by atoms with Gasteiger partial charge in [-0.15, -0.1) is 0 Å². The van der Waals surface area contributed by atoms with Gasteiger partial charge in [0, 0.05) is 11.9 Å². The summed E-state index contributed by atoms with van der Waals surface area (Å²) in [5, 5.41) is 8.19. The predicted molar refractivity (Wildman–Crippen MR) is 112 cm³/mol. The molecule has 0 fully saturated rings. The average molecular weight is 396 g/mol. The number of nitrogens with one attached hydrogen (secondary N) is 1. The van der Waals surface area contributed by atoms with Gasteiger partial charge in [-0.25, -0.2) is 9.07 Å². The van der Waals surface area contributed by atoms with E-state index in [1.165, 1.54) is 16.8 Å². The Labute approximate surface area is 169 Å². The SMILES string of the molecule is CC(C)n1nc(C(=O)NCC(c2cccc(F)c2)N(C)C)c2ccccc2c1=O. The summed E-state index contributed by atoms with van der Waals surface area (Å²) in [6.07, 6.45) is 0. The number of carbonyl (C=O) groups excluding carboxylic acids is 1. The molecule has 6 nitrogen and oxygen atoms in total. The minimum atomic E-state index is -0.376. The van der Waals surface area contributed by atoms with Crippen LogP contribution >= 0.6 is 0 Å². The molecule has 29 heavy (non-hydrogen) atoms. The lowest BCUT2D eigenvalue weighted by molar-refractivity contribution is 0.0936. The van der Waals surface area contributed by atoms with Gasteiger partial charge in [-0.05, 0) is 51.7 Å². The first kappa shape index (κ1) is 20.7. The van der Waals surface area contributed by atoms with Crippen LogP contribution in [0.1, 0.15) is 42.0 Å². The van der Waals surface area contributed by atoms with Crippen LogP contribution in [0.4, 0.5) is 4.39 Å². The number of fused-ring (bicyclic) bond motifs is 1. The van der Waals surface area contributed by atoms with Crippen LogP contribution in [-0.4, -0.2) is 41.2 Å². The van der Waals surface area contributed by atoms with Crippen LogP contribution in [0.15, 0.2) is 53.3 Å². The number of aromatic nitrogens is 2. The summed E-state index contributed by atoms with van der Waals surface area (Å²) < 4.78 is 15.0. The Hall–Kier alpha value is -3.06. The van der Waals surface area contributed by atoms with Crippen molar-refractivity contribution in [2.24, 2.45) is 0 Å². The number of carbonyl (C=O) groups is 1. The second-order valence-corrected chi connectivity index (χ2v) is 7.48. The van der Waals surface area contributed by atoms with Crippen LogP contribution in [0.2, 0.25) is 0 Å². The maximum Gasteiger partial charge on any atom is 0.274 e. The first-order valence-corrected chi connectivity index (χ1v) is 9.51. The highest BCUT2D eigenvalue weighted by Crippen LogP contribution is 2.19. The van der Waals surface area contributed by atoms with E-state index in [4.69, 9.17) is 0 Å². The fraction of sp³-hybridized carbons (Fsp3) is 0.318. The van der Waals surface area contributed by atoms with E-state index in [1.807, 2.05) is 38.9 Å². The minimum Gasteiger partial charge on any atom is -0.349 e. The second kappa shape index (κ2) is 8.53. The standard InChI is InChI=1S/C22H25FN4O2/c1-14(2)27-22(29)18-11-6-5-10-17(18)20(25-27)21(28)24-13-19(26(3)4)15-8-7-9-16(23)12-15/h5-12,14,19H,13H2,1-4H3,(H,24,28). The van der Waals surface area contributed by atoms with Crippen molar-refractivity contribution in [3.63, 3.8) is 0 Å². The van der Waals surface area contributed by atoms with Gasteiger partial charge in [-0.1, -0.05) is 30.3 Å². The molecule has 1 amide bonds. The van der Waals surface area contributed by atoms with Crippen LogP contribution in [0.25, 0.3) is 10.8 Å². The van der Waals surface area contributed by atoms with Crippen LogP contribution in [0, 0.1) is 5.82 Å². The highest BCUT2D eigenvalue weighted by molar-refractivity contribution is 6.04. The number of halogens is 1. The smallest absolute Gasteiger partial charge is 0.274 e. The third kappa shape index (κ3) is 4.35. The predicted octanol–water partition coefficient (Wildman–Crippen LogP) is 3.15. The van der Waals surface area contributed by atoms with Gasteiger partial charge in [0.1, 0.15) is 5.82 Å². The summed E-state index contributed by atoms with van der Waals surface area (Å²) >= 11 is 0. The molecule has 1 aromatic heterocycles. The lowest BCUT2D eigenvalue weighted by Gasteiger charge is -2.25. The molecule has 3 rings (SSSR count). The molecule has 1 unspecified atom stereocenters. The van der Waals surface area contributed by atoms with Crippen LogP contribution in [0.5, 0.6) is 0 Å². The highest BCUT2D eigenvalue weighted by Gasteiger charge is 2.20. The van der Waals surface area contributed by atoms with Crippen LogP contribution in [-0.2, 0) is 0 Å². The lowest BCUT2D eigenvalue weighted by atomic mass is 10.1. The molecular weight excluding hydrogens is 371 g/mol. The van der Waals surface area contributed by atoms with E-state index in [0.29, 0.717) is 10.8 Å². The Balaban J connectivity index is 1.93. The topological polar surface area (TPSA) is 67.2 Å². The van der Waals surface area contributed by atoms with E-state index >= 15 is 0 Å². The zero-order valence-corrected chi connectivity index (χ0v) is 17.0. The summed E-state index contributed by atoms with van der Waals surface area (Å²) in [6, 6.07) is 12.9. The number of benzene rings is 2. The molecule has 0 aliphatic carbocycles. The summed E-state index contributed by atoms with van der Waals surface area (Å²) in [7, 11) is 3.74. The third-order valence-electron chi connectivity index (χ3n) is 4.85. The molecule has 2 aromatic carbocycles. The zero-order chi connectivity index (χ0) is 21.1. The van der Waals surface area contributed by atoms with Crippen molar-refractivity contribution < 1.29 is 9.18 Å². The molecule has 0 saturated carbocycles. The van der Waals surface area contributed by atoms with Crippen molar-refractivity contribution in [2.75, 3.05) is 20.6 Å². The normalized spacial score (nSPS) is 12.5. The van der Waals surface area contributed by atoms with E-state index in [9.17, 15) is 14.0 Å². The van der Waals surface area contributed by atoms with E-state index < -0.39 is 0 Å². The minimum absolute atomic E-state index is 0.180. The van der Waals surface area contributed by atoms with Gasteiger partial charge >= 0.3 is 0 Å². The Morgan fingerprint density at radius 1 is 1.14 bits per heavy atom. The maximum absolute atomic E-state index is 13.6. The average Bonchev–Trinajstić information content (AvgIpc) is 2.68. The quantitative estimate of drug-likeness (QED) is 0.695. The summed E-state index contributed by atoms with van der Waals surface area (Å²) in [6.45, 7) is 3.96. The molecule has 1 heterocycles. The van der Waals surface area contributed by atoms with Gasteiger partial charge in [0.25, 0.3) is 11.5 Å². The fourth-order valence-electron chi connectivity index (χ4n) is 3.31. The second-order valence-electron chi connectivity index (χ2n) is 7.48. The maximum atomic E-state index is 13.6. The van der Waals surface area contributed by atoms with Gasteiger partial charge in [-0.3, -0.25) is 9.59 Å². The molecular formula is C22H25FN4O2. The number of hydrogen-bond donors (Lipinski definition) is 1. The molecule has 0 radical (unpaired) electrons. The molecule has 1 N–H and O–H groups in total. The zero-order valence-electron chi connectivity index (χ0n) is 17.0. The Bertz CT molecular complexity index is 1090. The summed E-state index contributed by atoms with van der Waals surface area (Å²) in [4.78, 5) is 27.5. The molecule has 0 aliphatic heterocycles. The number of amides is 1. The fourth-order valence-corrected chi connectivity index (χ4v) is 3.31. The van der Waals surface area contributed by atoms with Gasteiger partial charge < -0.3 is 10.2 Å². The highest BCUT2D eigenvalue weighted by atomic mass is 19.1. The number of nitrogens with zero attached hydrogens (tertiary/aromatic N) is 3. The molecule has 0 bridgehead atoms. The van der Waals surface area contributed by atoms with Crippen LogP contribution in [0.3, 0.4) is 0 Å². The van der Waals surface area contributed by atoms with Gasteiger partial charge in [0.05, 0.1) is 17.5 Å². The molecule has 3 aromatic rings. The molecule has 7 heteroatoms. The van der Waals surface area contributed by atoms with Crippen molar-refractivity contribution >= 4 is 16.7 Å². The Morgan fingerprint density at radius 3 is 2.45 bits per heavy atom. The monoisotopic (exact) mass is 396 g/mol. The van der Waals surface area contributed by atoms with E-state index in [1.54, 1.807) is 30.3 Å². The van der Waals surface area contributed by atoms with Crippen LogP contribution < -0.4 is 10.9 Å². The van der Waals surface area contributed by atoms with Gasteiger partial charge in [0.15, 0.2) is 5.69 Å². The molecule has 152 valence electrons. The van der Waals surface area contributed by atoms with Crippen molar-refractivity contribution in [1.82, 2.24) is 20.0 Å².